The van der Waals surface area contributed by atoms with Crippen molar-refractivity contribution in [2.75, 3.05) is 25.9 Å². The summed E-state index contributed by atoms with van der Waals surface area (Å²) in [4.78, 5) is 30.9. The number of piperidine rings is 1. The maximum atomic E-state index is 12.9. The SMILES string of the molecule is CSc1ncccc1C(=O)N1CCC(CNC(=O)NCc2ccc(F)cc2)CC1. The first-order valence-electron chi connectivity index (χ1n) is 9.61. The number of benzene rings is 1. The van der Waals surface area contributed by atoms with Crippen molar-refractivity contribution in [3.63, 3.8) is 0 Å². The molecule has 1 aliphatic rings. The number of urea groups is 1. The smallest absolute Gasteiger partial charge is 0.315 e. The quantitative estimate of drug-likeness (QED) is 0.709. The van der Waals surface area contributed by atoms with Gasteiger partial charge in [0.15, 0.2) is 0 Å². The van der Waals surface area contributed by atoms with E-state index in [1.54, 1.807) is 24.4 Å². The summed E-state index contributed by atoms with van der Waals surface area (Å²) in [5.41, 5.74) is 1.49. The van der Waals surface area contributed by atoms with Gasteiger partial charge in [-0.1, -0.05) is 12.1 Å². The van der Waals surface area contributed by atoms with Crippen molar-refractivity contribution in [3.8, 4) is 0 Å². The number of nitrogens with zero attached hydrogens (tertiary/aromatic N) is 2. The molecule has 2 N–H and O–H groups in total. The third kappa shape index (κ3) is 5.93. The summed E-state index contributed by atoms with van der Waals surface area (Å²) >= 11 is 1.47. The Balaban J connectivity index is 1.40. The number of amides is 3. The number of carbonyl (C=O) groups is 2. The average Bonchev–Trinajstić information content (AvgIpc) is 2.77. The molecule has 3 amide bonds. The van der Waals surface area contributed by atoms with E-state index in [1.165, 1.54) is 23.9 Å². The topological polar surface area (TPSA) is 74.3 Å². The molecule has 1 aromatic heterocycles. The Morgan fingerprint density at radius 3 is 2.59 bits per heavy atom. The van der Waals surface area contributed by atoms with E-state index in [-0.39, 0.29) is 17.8 Å². The Morgan fingerprint density at radius 1 is 1.17 bits per heavy atom. The van der Waals surface area contributed by atoms with E-state index < -0.39 is 0 Å². The van der Waals surface area contributed by atoms with Gasteiger partial charge < -0.3 is 15.5 Å². The molecule has 0 aliphatic carbocycles. The Morgan fingerprint density at radius 2 is 1.90 bits per heavy atom. The summed E-state index contributed by atoms with van der Waals surface area (Å²) in [5.74, 6) is 0.0617. The number of hydrogen-bond donors (Lipinski definition) is 2. The maximum Gasteiger partial charge on any atom is 0.315 e. The number of pyridine rings is 1. The van der Waals surface area contributed by atoms with E-state index in [2.05, 4.69) is 15.6 Å². The monoisotopic (exact) mass is 416 g/mol. The summed E-state index contributed by atoms with van der Waals surface area (Å²) in [6, 6.07) is 9.40. The predicted octanol–water partition coefficient (Wildman–Crippen LogP) is 3.29. The largest absolute Gasteiger partial charge is 0.339 e. The van der Waals surface area contributed by atoms with Crippen LogP contribution in [0.15, 0.2) is 47.6 Å². The molecule has 0 bridgehead atoms. The van der Waals surface area contributed by atoms with Crippen molar-refractivity contribution in [1.29, 1.82) is 0 Å². The molecular formula is C21H25FN4O2S. The lowest BCUT2D eigenvalue weighted by Gasteiger charge is -2.32. The van der Waals surface area contributed by atoms with Gasteiger partial charge in [-0.2, -0.15) is 0 Å². The molecule has 0 saturated carbocycles. The second-order valence-corrected chi connectivity index (χ2v) is 7.78. The molecule has 29 heavy (non-hydrogen) atoms. The first-order valence-corrected chi connectivity index (χ1v) is 10.8. The highest BCUT2D eigenvalue weighted by Gasteiger charge is 2.25. The molecule has 3 rings (SSSR count). The van der Waals surface area contributed by atoms with E-state index in [4.69, 9.17) is 0 Å². The van der Waals surface area contributed by atoms with Crippen LogP contribution in [0.1, 0.15) is 28.8 Å². The zero-order chi connectivity index (χ0) is 20.6. The molecule has 2 heterocycles. The number of nitrogens with one attached hydrogen (secondary N) is 2. The minimum atomic E-state index is -0.295. The van der Waals surface area contributed by atoms with Gasteiger partial charge in [0.05, 0.1) is 5.56 Å². The molecule has 1 aromatic carbocycles. The number of carbonyl (C=O) groups excluding carboxylic acids is 2. The molecular weight excluding hydrogens is 391 g/mol. The van der Waals surface area contributed by atoms with Crippen molar-refractivity contribution >= 4 is 23.7 Å². The van der Waals surface area contributed by atoms with Crippen molar-refractivity contribution in [2.45, 2.75) is 24.4 Å². The number of rotatable bonds is 6. The van der Waals surface area contributed by atoms with Crippen LogP contribution in [0.5, 0.6) is 0 Å². The lowest BCUT2D eigenvalue weighted by atomic mass is 9.96. The number of aromatic nitrogens is 1. The van der Waals surface area contributed by atoms with Gasteiger partial charge in [0.25, 0.3) is 5.91 Å². The molecule has 0 unspecified atom stereocenters. The van der Waals surface area contributed by atoms with Crippen molar-refractivity contribution < 1.29 is 14.0 Å². The van der Waals surface area contributed by atoms with Gasteiger partial charge in [0.2, 0.25) is 0 Å². The minimum Gasteiger partial charge on any atom is -0.339 e. The van der Waals surface area contributed by atoms with E-state index in [0.717, 1.165) is 23.4 Å². The van der Waals surface area contributed by atoms with Crippen LogP contribution in [0.3, 0.4) is 0 Å². The van der Waals surface area contributed by atoms with Gasteiger partial charge in [-0.05, 0) is 54.8 Å². The molecule has 154 valence electrons. The second kappa shape index (κ2) is 10.2. The summed E-state index contributed by atoms with van der Waals surface area (Å²) in [6.07, 6.45) is 5.30. The third-order valence-corrected chi connectivity index (χ3v) is 5.73. The number of halogens is 1. The van der Waals surface area contributed by atoms with Gasteiger partial charge in [-0.15, -0.1) is 11.8 Å². The third-order valence-electron chi connectivity index (χ3n) is 5.01. The summed E-state index contributed by atoms with van der Waals surface area (Å²) in [5, 5.41) is 6.41. The number of likely N-dealkylation sites (tertiary alicyclic amines) is 1. The van der Waals surface area contributed by atoms with Gasteiger partial charge in [-0.25, -0.2) is 14.2 Å². The maximum absolute atomic E-state index is 12.9. The van der Waals surface area contributed by atoms with Gasteiger partial charge in [-0.3, -0.25) is 4.79 Å². The van der Waals surface area contributed by atoms with E-state index in [1.807, 2.05) is 17.2 Å². The molecule has 1 saturated heterocycles. The zero-order valence-electron chi connectivity index (χ0n) is 16.4. The van der Waals surface area contributed by atoms with Crippen LogP contribution in [0.25, 0.3) is 0 Å². The summed E-state index contributed by atoms with van der Waals surface area (Å²) in [6.45, 7) is 2.26. The van der Waals surface area contributed by atoms with E-state index in [0.29, 0.717) is 37.7 Å². The van der Waals surface area contributed by atoms with Crippen molar-refractivity contribution in [1.82, 2.24) is 20.5 Å². The zero-order valence-corrected chi connectivity index (χ0v) is 17.2. The summed E-state index contributed by atoms with van der Waals surface area (Å²) < 4.78 is 12.9. The van der Waals surface area contributed by atoms with Gasteiger partial charge in [0, 0.05) is 32.4 Å². The van der Waals surface area contributed by atoms with Crippen LogP contribution in [0.4, 0.5) is 9.18 Å². The molecule has 0 radical (unpaired) electrons. The van der Waals surface area contributed by atoms with Crippen LogP contribution >= 0.6 is 11.8 Å². The predicted molar refractivity (Wildman–Crippen MR) is 111 cm³/mol. The normalized spacial score (nSPS) is 14.5. The first kappa shape index (κ1) is 21.1. The molecule has 6 nitrogen and oxygen atoms in total. The van der Waals surface area contributed by atoms with Gasteiger partial charge >= 0.3 is 6.03 Å². The highest BCUT2D eigenvalue weighted by atomic mass is 32.2. The number of thioether (sulfide) groups is 1. The van der Waals surface area contributed by atoms with Crippen LogP contribution < -0.4 is 10.6 Å². The molecule has 0 spiro atoms. The van der Waals surface area contributed by atoms with Crippen LogP contribution in [-0.4, -0.2) is 47.7 Å². The van der Waals surface area contributed by atoms with Crippen molar-refractivity contribution in [3.05, 3.63) is 59.5 Å². The van der Waals surface area contributed by atoms with Crippen LogP contribution in [0, 0.1) is 11.7 Å². The number of hydrogen-bond acceptors (Lipinski definition) is 4. The fraction of sp³-hybridized carbons (Fsp3) is 0.381. The fourth-order valence-electron chi connectivity index (χ4n) is 3.31. The Kier molecular flexibility index (Phi) is 7.46. The lowest BCUT2D eigenvalue weighted by Crippen LogP contribution is -2.43. The van der Waals surface area contributed by atoms with Crippen LogP contribution in [-0.2, 0) is 6.54 Å². The summed E-state index contributed by atoms with van der Waals surface area (Å²) in [7, 11) is 0. The lowest BCUT2D eigenvalue weighted by molar-refractivity contribution is 0.0686. The average molecular weight is 417 g/mol. The van der Waals surface area contributed by atoms with E-state index >= 15 is 0 Å². The first-order chi connectivity index (χ1) is 14.1. The fourth-order valence-corrected chi connectivity index (χ4v) is 3.85. The van der Waals surface area contributed by atoms with Gasteiger partial charge in [0.1, 0.15) is 10.8 Å². The van der Waals surface area contributed by atoms with Crippen molar-refractivity contribution in [2.24, 2.45) is 5.92 Å². The molecule has 8 heteroatoms. The molecule has 2 aromatic rings. The molecule has 0 atom stereocenters. The highest BCUT2D eigenvalue weighted by Crippen LogP contribution is 2.22. The highest BCUT2D eigenvalue weighted by molar-refractivity contribution is 7.98. The Labute approximate surface area is 174 Å². The van der Waals surface area contributed by atoms with Crippen LogP contribution in [0.2, 0.25) is 0 Å². The minimum absolute atomic E-state index is 0.0194. The second-order valence-electron chi connectivity index (χ2n) is 6.99. The Bertz CT molecular complexity index is 839. The standard InChI is InChI=1S/C21H25FN4O2S/c1-29-19-18(3-2-10-23-19)20(27)26-11-8-16(9-12-26)14-25-21(28)24-13-15-4-6-17(22)7-5-15/h2-7,10,16H,8-9,11-14H2,1H3,(H2,24,25,28). The van der Waals surface area contributed by atoms with E-state index in [9.17, 15) is 14.0 Å². The molecule has 1 fully saturated rings. The molecule has 1 aliphatic heterocycles. The Hall–Kier alpha value is -2.61.